The molecule has 1 aromatic carbocycles. The zero-order valence-electron chi connectivity index (χ0n) is 10.5. The predicted octanol–water partition coefficient (Wildman–Crippen LogP) is 4.77. The summed E-state index contributed by atoms with van der Waals surface area (Å²) >= 11 is 6.93. The minimum Gasteiger partial charge on any atom is -0.379 e. The number of pyridine rings is 2. The first kappa shape index (κ1) is 13.5. The molecule has 3 nitrogen and oxygen atoms in total. The van der Waals surface area contributed by atoms with Crippen LogP contribution in [0.3, 0.4) is 0 Å². The van der Waals surface area contributed by atoms with Crippen molar-refractivity contribution in [3.63, 3.8) is 0 Å². The van der Waals surface area contributed by atoms with Gasteiger partial charge in [0.2, 0.25) is 0 Å². The van der Waals surface area contributed by atoms with E-state index in [-0.39, 0.29) is 0 Å². The SMILES string of the molecule is Brc1cnc(CNc2cccc3cnccc23)c(Br)c1. The molecule has 0 unspecified atom stereocenters. The maximum absolute atomic E-state index is 4.40. The number of anilines is 1. The Morgan fingerprint density at radius 1 is 1.10 bits per heavy atom. The van der Waals surface area contributed by atoms with Gasteiger partial charge in [-0.15, -0.1) is 0 Å². The summed E-state index contributed by atoms with van der Waals surface area (Å²) < 4.78 is 1.95. The van der Waals surface area contributed by atoms with Crippen LogP contribution in [0.4, 0.5) is 5.69 Å². The number of rotatable bonds is 3. The van der Waals surface area contributed by atoms with Gasteiger partial charge in [-0.05, 0) is 50.1 Å². The molecule has 0 aliphatic rings. The molecule has 1 N–H and O–H groups in total. The lowest BCUT2D eigenvalue weighted by Crippen LogP contribution is -2.03. The minimum atomic E-state index is 0.662. The van der Waals surface area contributed by atoms with Gasteiger partial charge in [0.05, 0.1) is 12.2 Å². The van der Waals surface area contributed by atoms with Crippen LogP contribution in [0.1, 0.15) is 5.69 Å². The second-order valence-corrected chi connectivity index (χ2v) is 6.11. The summed E-state index contributed by atoms with van der Waals surface area (Å²) in [6.07, 6.45) is 5.48. The highest BCUT2D eigenvalue weighted by atomic mass is 79.9. The fourth-order valence-corrected chi connectivity index (χ4v) is 3.16. The maximum atomic E-state index is 4.40. The fraction of sp³-hybridized carbons (Fsp3) is 0.0667. The molecule has 3 aromatic rings. The minimum absolute atomic E-state index is 0.662. The smallest absolute Gasteiger partial charge is 0.0737 e. The molecule has 0 aliphatic heterocycles. The van der Waals surface area contributed by atoms with Gasteiger partial charge in [-0.3, -0.25) is 9.97 Å². The molecule has 0 aliphatic carbocycles. The normalized spacial score (nSPS) is 10.7. The lowest BCUT2D eigenvalue weighted by atomic mass is 10.1. The average molecular weight is 393 g/mol. The lowest BCUT2D eigenvalue weighted by Gasteiger charge is -2.10. The summed E-state index contributed by atoms with van der Waals surface area (Å²) in [5.41, 5.74) is 2.06. The second kappa shape index (κ2) is 5.89. The first-order valence-electron chi connectivity index (χ1n) is 6.10. The molecule has 3 rings (SSSR count). The van der Waals surface area contributed by atoms with Crippen LogP contribution in [0.5, 0.6) is 0 Å². The first-order chi connectivity index (χ1) is 9.74. The van der Waals surface area contributed by atoms with E-state index in [1.54, 1.807) is 12.4 Å². The Labute approximate surface area is 133 Å². The Morgan fingerprint density at radius 2 is 2.00 bits per heavy atom. The maximum Gasteiger partial charge on any atom is 0.0737 e. The van der Waals surface area contributed by atoms with Crippen molar-refractivity contribution in [3.05, 3.63) is 63.6 Å². The van der Waals surface area contributed by atoms with Gasteiger partial charge >= 0.3 is 0 Å². The van der Waals surface area contributed by atoms with Crippen LogP contribution >= 0.6 is 31.9 Å². The summed E-state index contributed by atoms with van der Waals surface area (Å²) in [5, 5.41) is 5.72. The van der Waals surface area contributed by atoms with Gasteiger partial charge in [0.25, 0.3) is 0 Å². The average Bonchev–Trinajstić information content (AvgIpc) is 2.46. The van der Waals surface area contributed by atoms with Gasteiger partial charge in [-0.1, -0.05) is 12.1 Å². The van der Waals surface area contributed by atoms with Crippen molar-refractivity contribution < 1.29 is 0 Å². The van der Waals surface area contributed by atoms with Crippen LogP contribution in [0.15, 0.2) is 57.9 Å². The van der Waals surface area contributed by atoms with E-state index in [9.17, 15) is 0 Å². The zero-order valence-corrected chi connectivity index (χ0v) is 13.6. The van der Waals surface area contributed by atoms with E-state index in [4.69, 9.17) is 0 Å². The van der Waals surface area contributed by atoms with Crippen molar-refractivity contribution in [2.24, 2.45) is 0 Å². The van der Waals surface area contributed by atoms with Crippen molar-refractivity contribution >= 4 is 48.3 Å². The van der Waals surface area contributed by atoms with Crippen molar-refractivity contribution in [2.45, 2.75) is 6.54 Å². The van der Waals surface area contributed by atoms with Gasteiger partial charge in [0, 0.05) is 44.0 Å². The first-order valence-corrected chi connectivity index (χ1v) is 7.69. The Bertz CT molecular complexity index is 754. The van der Waals surface area contributed by atoms with Gasteiger partial charge in [0.15, 0.2) is 0 Å². The predicted molar refractivity (Wildman–Crippen MR) is 88.7 cm³/mol. The molecule has 2 aromatic heterocycles. The van der Waals surface area contributed by atoms with Crippen LogP contribution in [-0.4, -0.2) is 9.97 Å². The van der Waals surface area contributed by atoms with Crippen LogP contribution in [-0.2, 0) is 6.54 Å². The van der Waals surface area contributed by atoms with Gasteiger partial charge in [-0.2, -0.15) is 0 Å². The Balaban J connectivity index is 1.87. The molecule has 0 saturated carbocycles. The number of hydrogen-bond acceptors (Lipinski definition) is 3. The van der Waals surface area contributed by atoms with Gasteiger partial charge in [0.1, 0.15) is 0 Å². The zero-order chi connectivity index (χ0) is 13.9. The molecule has 0 fully saturated rings. The second-order valence-electron chi connectivity index (χ2n) is 4.34. The number of fused-ring (bicyclic) bond motifs is 1. The molecule has 5 heteroatoms. The molecule has 0 saturated heterocycles. The van der Waals surface area contributed by atoms with E-state index in [2.05, 4.69) is 59.3 Å². The molecule has 0 spiro atoms. The third-order valence-electron chi connectivity index (χ3n) is 3.01. The van der Waals surface area contributed by atoms with Crippen LogP contribution < -0.4 is 5.32 Å². The Kier molecular flexibility index (Phi) is 3.98. The fourth-order valence-electron chi connectivity index (χ4n) is 2.03. The molecule has 0 amide bonds. The molecule has 20 heavy (non-hydrogen) atoms. The third kappa shape index (κ3) is 2.83. The number of aromatic nitrogens is 2. The Morgan fingerprint density at radius 3 is 2.85 bits per heavy atom. The molecule has 0 bridgehead atoms. The molecular formula is C15H11Br2N3. The van der Waals surface area contributed by atoms with E-state index in [0.717, 1.165) is 31.1 Å². The van der Waals surface area contributed by atoms with E-state index in [1.165, 1.54) is 0 Å². The van der Waals surface area contributed by atoms with Gasteiger partial charge < -0.3 is 5.32 Å². The third-order valence-corrected chi connectivity index (χ3v) is 4.13. The van der Waals surface area contributed by atoms with E-state index in [0.29, 0.717) is 6.54 Å². The monoisotopic (exact) mass is 391 g/mol. The number of halogens is 2. The highest BCUT2D eigenvalue weighted by molar-refractivity contribution is 9.11. The summed E-state index contributed by atoms with van der Waals surface area (Å²) in [4.78, 5) is 8.55. The van der Waals surface area contributed by atoms with E-state index >= 15 is 0 Å². The summed E-state index contributed by atoms with van der Waals surface area (Å²) in [6.45, 7) is 0.662. The van der Waals surface area contributed by atoms with Crippen molar-refractivity contribution in [1.29, 1.82) is 0 Å². The summed E-state index contributed by atoms with van der Waals surface area (Å²) in [5.74, 6) is 0. The van der Waals surface area contributed by atoms with Crippen LogP contribution in [0, 0.1) is 0 Å². The van der Waals surface area contributed by atoms with E-state index < -0.39 is 0 Å². The highest BCUT2D eigenvalue weighted by Gasteiger charge is 2.04. The largest absolute Gasteiger partial charge is 0.379 e. The molecular weight excluding hydrogens is 382 g/mol. The van der Waals surface area contributed by atoms with Crippen LogP contribution in [0.2, 0.25) is 0 Å². The van der Waals surface area contributed by atoms with Crippen molar-refractivity contribution in [3.8, 4) is 0 Å². The number of hydrogen-bond donors (Lipinski definition) is 1. The van der Waals surface area contributed by atoms with Crippen LogP contribution in [0.25, 0.3) is 10.8 Å². The number of benzene rings is 1. The van der Waals surface area contributed by atoms with Gasteiger partial charge in [-0.25, -0.2) is 0 Å². The number of nitrogens with one attached hydrogen (secondary N) is 1. The number of nitrogens with zero attached hydrogens (tertiary/aromatic N) is 2. The molecule has 100 valence electrons. The molecule has 2 heterocycles. The summed E-state index contributed by atoms with van der Waals surface area (Å²) in [7, 11) is 0. The lowest BCUT2D eigenvalue weighted by molar-refractivity contribution is 1.03. The topological polar surface area (TPSA) is 37.8 Å². The van der Waals surface area contributed by atoms with Crippen molar-refractivity contribution in [1.82, 2.24) is 9.97 Å². The highest BCUT2D eigenvalue weighted by Crippen LogP contribution is 2.24. The van der Waals surface area contributed by atoms with E-state index in [1.807, 2.05) is 24.4 Å². The Hall–Kier alpha value is -1.46. The molecule has 0 atom stereocenters. The standard InChI is InChI=1S/C15H11Br2N3/c16-11-6-13(17)15(19-8-11)9-20-14-3-1-2-10-7-18-5-4-12(10)14/h1-8,20H,9H2. The summed E-state index contributed by atoms with van der Waals surface area (Å²) in [6, 6.07) is 10.2. The van der Waals surface area contributed by atoms with Crippen molar-refractivity contribution in [2.75, 3.05) is 5.32 Å². The quantitative estimate of drug-likeness (QED) is 0.697. The molecule has 0 radical (unpaired) electrons.